The summed E-state index contributed by atoms with van der Waals surface area (Å²) in [5, 5.41) is 3.04. The maximum absolute atomic E-state index is 12.4. The van der Waals surface area contributed by atoms with Crippen molar-refractivity contribution in [3.05, 3.63) is 29.8 Å². The Morgan fingerprint density at radius 1 is 1.36 bits per heavy atom. The van der Waals surface area contributed by atoms with Crippen molar-refractivity contribution in [3.8, 4) is 5.75 Å². The number of methoxy groups -OCH3 is 1. The van der Waals surface area contributed by atoms with Gasteiger partial charge in [0.1, 0.15) is 12.4 Å². The van der Waals surface area contributed by atoms with Gasteiger partial charge in [0.25, 0.3) is 5.91 Å². The number of nitrogens with two attached hydrogens (primary N) is 1. The Balaban J connectivity index is 2.73. The summed E-state index contributed by atoms with van der Waals surface area (Å²) in [6, 6.07) is 7.13. The van der Waals surface area contributed by atoms with Crippen molar-refractivity contribution in [1.29, 1.82) is 0 Å². The van der Waals surface area contributed by atoms with Gasteiger partial charge in [0, 0.05) is 24.8 Å². The highest BCUT2D eigenvalue weighted by molar-refractivity contribution is 5.95. The topological polar surface area (TPSA) is 73.6 Å². The quantitative estimate of drug-likeness (QED) is 0.686. The monoisotopic (exact) mass is 308 g/mol. The van der Waals surface area contributed by atoms with Crippen molar-refractivity contribution in [2.75, 3.05) is 26.9 Å². The molecular weight excluding hydrogens is 280 g/mol. The molecule has 0 heterocycles. The minimum absolute atomic E-state index is 0.134. The SMILES string of the molecule is COCCOc1cccc(C(=O)NC(C)(CN)CC(C)C)c1. The van der Waals surface area contributed by atoms with Crippen molar-refractivity contribution in [3.63, 3.8) is 0 Å². The number of nitrogens with one attached hydrogen (secondary N) is 1. The zero-order chi connectivity index (χ0) is 16.6. The fourth-order valence-corrected chi connectivity index (χ4v) is 2.40. The summed E-state index contributed by atoms with van der Waals surface area (Å²) in [4.78, 5) is 12.4. The molecular formula is C17H28N2O3. The minimum Gasteiger partial charge on any atom is -0.491 e. The summed E-state index contributed by atoms with van der Waals surface area (Å²) >= 11 is 0. The van der Waals surface area contributed by atoms with Crippen LogP contribution in [0.25, 0.3) is 0 Å². The number of carbonyl (C=O) groups is 1. The van der Waals surface area contributed by atoms with Crippen LogP contribution in [0.4, 0.5) is 0 Å². The average molecular weight is 308 g/mol. The Morgan fingerprint density at radius 2 is 2.09 bits per heavy atom. The van der Waals surface area contributed by atoms with E-state index < -0.39 is 5.54 Å². The maximum Gasteiger partial charge on any atom is 0.251 e. The van der Waals surface area contributed by atoms with E-state index in [1.54, 1.807) is 25.3 Å². The minimum atomic E-state index is -0.405. The van der Waals surface area contributed by atoms with E-state index in [2.05, 4.69) is 19.2 Å². The van der Waals surface area contributed by atoms with E-state index in [9.17, 15) is 4.79 Å². The van der Waals surface area contributed by atoms with Crippen LogP contribution in [0.3, 0.4) is 0 Å². The van der Waals surface area contributed by atoms with Crippen LogP contribution in [0.5, 0.6) is 5.75 Å². The summed E-state index contributed by atoms with van der Waals surface area (Å²) in [5.74, 6) is 0.978. The largest absolute Gasteiger partial charge is 0.491 e. The number of ether oxygens (including phenoxy) is 2. The lowest BCUT2D eigenvalue weighted by molar-refractivity contribution is 0.0897. The number of carbonyl (C=O) groups excluding carboxylic acids is 1. The van der Waals surface area contributed by atoms with Crippen LogP contribution in [-0.2, 0) is 4.74 Å². The van der Waals surface area contributed by atoms with Gasteiger partial charge in [-0.3, -0.25) is 4.79 Å². The lowest BCUT2D eigenvalue weighted by Gasteiger charge is -2.31. The van der Waals surface area contributed by atoms with Gasteiger partial charge in [-0.15, -0.1) is 0 Å². The van der Waals surface area contributed by atoms with Gasteiger partial charge in [0.15, 0.2) is 0 Å². The second-order valence-electron chi connectivity index (χ2n) is 6.19. The summed E-state index contributed by atoms with van der Waals surface area (Å²) < 4.78 is 10.5. The van der Waals surface area contributed by atoms with Gasteiger partial charge in [-0.25, -0.2) is 0 Å². The highest BCUT2D eigenvalue weighted by atomic mass is 16.5. The van der Waals surface area contributed by atoms with E-state index in [4.69, 9.17) is 15.2 Å². The smallest absolute Gasteiger partial charge is 0.251 e. The van der Waals surface area contributed by atoms with Crippen molar-refractivity contribution < 1.29 is 14.3 Å². The van der Waals surface area contributed by atoms with E-state index >= 15 is 0 Å². The van der Waals surface area contributed by atoms with Crippen molar-refractivity contribution >= 4 is 5.91 Å². The van der Waals surface area contributed by atoms with Crippen LogP contribution < -0.4 is 15.8 Å². The molecule has 0 spiro atoms. The zero-order valence-corrected chi connectivity index (χ0v) is 14.0. The standard InChI is InChI=1S/C17H28N2O3/c1-13(2)11-17(3,12-18)19-16(20)14-6-5-7-15(10-14)22-9-8-21-4/h5-7,10,13H,8-9,11-12,18H2,1-4H3,(H,19,20). The molecule has 1 aromatic rings. The third kappa shape index (κ3) is 6.03. The van der Waals surface area contributed by atoms with Gasteiger partial charge in [-0.1, -0.05) is 19.9 Å². The summed E-state index contributed by atoms with van der Waals surface area (Å²) in [7, 11) is 1.62. The van der Waals surface area contributed by atoms with Gasteiger partial charge >= 0.3 is 0 Å². The number of hydrogen-bond acceptors (Lipinski definition) is 4. The number of hydrogen-bond donors (Lipinski definition) is 2. The van der Waals surface area contributed by atoms with Crippen LogP contribution >= 0.6 is 0 Å². The number of amides is 1. The lowest BCUT2D eigenvalue weighted by atomic mass is 9.90. The number of benzene rings is 1. The normalized spacial score (nSPS) is 13.7. The molecule has 0 aliphatic carbocycles. The first kappa shape index (κ1) is 18.5. The first-order valence-corrected chi connectivity index (χ1v) is 7.64. The second kappa shape index (κ2) is 8.76. The average Bonchev–Trinajstić information content (AvgIpc) is 2.47. The maximum atomic E-state index is 12.4. The van der Waals surface area contributed by atoms with Crippen molar-refractivity contribution in [2.24, 2.45) is 11.7 Å². The predicted octanol–water partition coefficient (Wildman–Crippen LogP) is 2.21. The molecule has 1 atom stereocenters. The molecule has 0 saturated heterocycles. The second-order valence-corrected chi connectivity index (χ2v) is 6.19. The van der Waals surface area contributed by atoms with Gasteiger partial charge in [-0.05, 0) is 37.5 Å². The molecule has 0 aromatic heterocycles. The summed E-state index contributed by atoms with van der Waals surface area (Å²) in [5.41, 5.74) is 6.00. The van der Waals surface area contributed by atoms with Crippen LogP contribution in [0, 0.1) is 5.92 Å². The Hall–Kier alpha value is -1.59. The fourth-order valence-electron chi connectivity index (χ4n) is 2.40. The van der Waals surface area contributed by atoms with Gasteiger partial charge in [0.2, 0.25) is 0 Å². The molecule has 5 heteroatoms. The summed E-state index contributed by atoms with van der Waals surface area (Å²) in [6.45, 7) is 7.57. The van der Waals surface area contributed by atoms with Crippen LogP contribution in [-0.4, -0.2) is 38.3 Å². The molecule has 0 aliphatic heterocycles. The van der Waals surface area contributed by atoms with Crippen LogP contribution in [0.2, 0.25) is 0 Å². The highest BCUT2D eigenvalue weighted by Crippen LogP contribution is 2.18. The van der Waals surface area contributed by atoms with E-state index in [0.717, 1.165) is 6.42 Å². The molecule has 0 saturated carbocycles. The van der Waals surface area contributed by atoms with Crippen LogP contribution in [0.15, 0.2) is 24.3 Å². The molecule has 0 bridgehead atoms. The molecule has 1 rings (SSSR count). The molecule has 22 heavy (non-hydrogen) atoms. The lowest BCUT2D eigenvalue weighted by Crippen LogP contribution is -2.52. The molecule has 1 amide bonds. The van der Waals surface area contributed by atoms with Crippen LogP contribution in [0.1, 0.15) is 37.6 Å². The molecule has 3 N–H and O–H groups in total. The molecule has 1 aromatic carbocycles. The van der Waals surface area contributed by atoms with Crippen molar-refractivity contribution in [1.82, 2.24) is 5.32 Å². The highest BCUT2D eigenvalue weighted by Gasteiger charge is 2.26. The Morgan fingerprint density at radius 3 is 2.68 bits per heavy atom. The predicted molar refractivity (Wildman–Crippen MR) is 88.2 cm³/mol. The molecule has 5 nitrogen and oxygen atoms in total. The molecule has 124 valence electrons. The first-order valence-electron chi connectivity index (χ1n) is 7.64. The van der Waals surface area contributed by atoms with Gasteiger partial charge in [-0.2, -0.15) is 0 Å². The van der Waals surface area contributed by atoms with E-state index in [1.165, 1.54) is 0 Å². The first-order chi connectivity index (χ1) is 10.4. The molecule has 0 fully saturated rings. The number of rotatable bonds is 9. The van der Waals surface area contributed by atoms with Crippen molar-refractivity contribution in [2.45, 2.75) is 32.7 Å². The third-order valence-electron chi connectivity index (χ3n) is 3.38. The fraction of sp³-hybridized carbons (Fsp3) is 0.588. The molecule has 0 radical (unpaired) electrons. The van der Waals surface area contributed by atoms with Gasteiger partial charge in [0.05, 0.1) is 6.61 Å². The Kier molecular flexibility index (Phi) is 7.35. The van der Waals surface area contributed by atoms with E-state index in [1.807, 2.05) is 13.0 Å². The Bertz CT molecular complexity index is 477. The van der Waals surface area contributed by atoms with Gasteiger partial charge < -0.3 is 20.5 Å². The summed E-state index contributed by atoms with van der Waals surface area (Å²) in [6.07, 6.45) is 0.833. The Labute approximate surface area is 133 Å². The van der Waals surface area contributed by atoms with E-state index in [-0.39, 0.29) is 5.91 Å². The molecule has 1 unspecified atom stereocenters. The molecule has 0 aliphatic rings. The zero-order valence-electron chi connectivity index (χ0n) is 14.0. The van der Waals surface area contributed by atoms with E-state index in [0.29, 0.717) is 37.0 Å². The third-order valence-corrected chi connectivity index (χ3v) is 3.38.